The minimum atomic E-state index is 0.716. The highest BCUT2D eigenvalue weighted by Gasteiger charge is 2.34. The number of piperidine rings is 1. The molecule has 0 bridgehead atoms. The van der Waals surface area contributed by atoms with E-state index in [1.807, 2.05) is 13.1 Å². The molecule has 110 valence electrons. The van der Waals surface area contributed by atoms with Gasteiger partial charge in [0.15, 0.2) is 0 Å². The molecule has 1 aromatic carbocycles. The smallest absolute Gasteiger partial charge is 0.0643 e. The van der Waals surface area contributed by atoms with Crippen LogP contribution >= 0.6 is 11.6 Å². The number of benzene rings is 1. The van der Waals surface area contributed by atoms with Crippen LogP contribution < -0.4 is 10.2 Å². The number of hydrogen-bond donors (Lipinski definition) is 1. The zero-order valence-corrected chi connectivity index (χ0v) is 13.1. The fourth-order valence-corrected chi connectivity index (χ4v) is 4.42. The summed E-state index contributed by atoms with van der Waals surface area (Å²) in [5.74, 6) is 0.885. The predicted molar refractivity (Wildman–Crippen MR) is 86.5 cm³/mol. The molecule has 0 amide bonds. The molecule has 1 saturated heterocycles. The van der Waals surface area contributed by atoms with Gasteiger partial charge in [-0.1, -0.05) is 36.6 Å². The van der Waals surface area contributed by atoms with Gasteiger partial charge in [-0.2, -0.15) is 0 Å². The number of nitrogens with zero attached hydrogens (tertiary/aromatic N) is 1. The number of fused-ring (bicyclic) bond motifs is 1. The summed E-state index contributed by atoms with van der Waals surface area (Å²) in [7, 11) is 2.00. The SMILES string of the molecule is CNCc1cccc(Cl)c1N1CCCC2CCCCC21. The fraction of sp³-hybridized carbons (Fsp3) is 0.647. The van der Waals surface area contributed by atoms with Crippen LogP contribution in [0.25, 0.3) is 0 Å². The van der Waals surface area contributed by atoms with E-state index in [-0.39, 0.29) is 0 Å². The van der Waals surface area contributed by atoms with Gasteiger partial charge in [0, 0.05) is 19.1 Å². The van der Waals surface area contributed by atoms with Gasteiger partial charge in [-0.3, -0.25) is 0 Å². The van der Waals surface area contributed by atoms with E-state index in [9.17, 15) is 0 Å². The molecule has 2 fully saturated rings. The second kappa shape index (κ2) is 6.36. The van der Waals surface area contributed by atoms with E-state index in [0.717, 1.165) is 17.5 Å². The summed E-state index contributed by atoms with van der Waals surface area (Å²) in [6.07, 6.45) is 8.27. The molecule has 1 aliphatic heterocycles. The van der Waals surface area contributed by atoms with E-state index < -0.39 is 0 Å². The topological polar surface area (TPSA) is 15.3 Å². The standard InChI is InChI=1S/C17H25ClN2/c1-19-12-14-7-4-9-15(18)17(14)20-11-5-8-13-6-2-3-10-16(13)20/h4,7,9,13,16,19H,2-3,5-6,8,10-12H2,1H3. The van der Waals surface area contributed by atoms with Crippen LogP contribution in [0.3, 0.4) is 0 Å². The maximum absolute atomic E-state index is 6.56. The van der Waals surface area contributed by atoms with Crippen LogP contribution in [0.5, 0.6) is 0 Å². The van der Waals surface area contributed by atoms with Crippen molar-refractivity contribution >= 4 is 17.3 Å². The number of halogens is 1. The van der Waals surface area contributed by atoms with Crippen molar-refractivity contribution in [1.29, 1.82) is 0 Å². The molecular weight excluding hydrogens is 268 g/mol. The van der Waals surface area contributed by atoms with Crippen LogP contribution in [-0.2, 0) is 6.54 Å². The molecule has 1 aliphatic carbocycles. The summed E-state index contributed by atoms with van der Waals surface area (Å²) in [4.78, 5) is 2.63. The summed E-state index contributed by atoms with van der Waals surface area (Å²) in [5, 5.41) is 4.20. The maximum atomic E-state index is 6.56. The Morgan fingerprint density at radius 1 is 1.20 bits per heavy atom. The van der Waals surface area contributed by atoms with Crippen LogP contribution in [0, 0.1) is 5.92 Å². The van der Waals surface area contributed by atoms with E-state index >= 15 is 0 Å². The third-order valence-corrected chi connectivity index (χ3v) is 5.27. The van der Waals surface area contributed by atoms with Gasteiger partial charge in [0.2, 0.25) is 0 Å². The highest BCUT2D eigenvalue weighted by molar-refractivity contribution is 6.33. The first kappa shape index (κ1) is 14.2. The zero-order valence-electron chi connectivity index (χ0n) is 12.4. The molecule has 0 radical (unpaired) electrons. The molecule has 2 nitrogen and oxygen atoms in total. The van der Waals surface area contributed by atoms with Gasteiger partial charge >= 0.3 is 0 Å². The number of para-hydroxylation sites is 1. The molecule has 3 heteroatoms. The normalized spacial score (nSPS) is 26.4. The molecule has 1 saturated carbocycles. The second-order valence-corrected chi connectivity index (χ2v) is 6.63. The first-order valence-electron chi connectivity index (χ1n) is 8.00. The third-order valence-electron chi connectivity index (χ3n) is 4.97. The zero-order chi connectivity index (χ0) is 13.9. The predicted octanol–water partition coefficient (Wildman–Crippen LogP) is 4.22. The van der Waals surface area contributed by atoms with E-state index in [1.54, 1.807) is 0 Å². The van der Waals surface area contributed by atoms with Gasteiger partial charge in [-0.05, 0) is 50.3 Å². The molecule has 0 aromatic heterocycles. The average molecular weight is 293 g/mol. The Labute approximate surface area is 127 Å². The van der Waals surface area contributed by atoms with Crippen LogP contribution in [0.15, 0.2) is 18.2 Å². The maximum Gasteiger partial charge on any atom is 0.0643 e. The minimum Gasteiger partial charge on any atom is -0.367 e. The van der Waals surface area contributed by atoms with Crippen LogP contribution in [-0.4, -0.2) is 19.6 Å². The summed E-state index contributed by atoms with van der Waals surface area (Å²) >= 11 is 6.56. The fourth-order valence-electron chi connectivity index (χ4n) is 4.12. The van der Waals surface area contributed by atoms with Crippen molar-refractivity contribution in [2.45, 2.75) is 51.1 Å². The number of hydrogen-bond acceptors (Lipinski definition) is 2. The van der Waals surface area contributed by atoms with Gasteiger partial charge in [0.1, 0.15) is 0 Å². The first-order valence-corrected chi connectivity index (χ1v) is 8.37. The molecular formula is C17H25ClN2. The van der Waals surface area contributed by atoms with E-state index in [4.69, 9.17) is 11.6 Å². The number of rotatable bonds is 3. The summed E-state index contributed by atoms with van der Waals surface area (Å²) in [6, 6.07) is 7.04. The molecule has 1 aromatic rings. The van der Waals surface area contributed by atoms with Gasteiger partial charge in [-0.15, -0.1) is 0 Å². The minimum absolute atomic E-state index is 0.716. The summed E-state index contributed by atoms with van der Waals surface area (Å²) in [5.41, 5.74) is 2.63. The molecule has 3 rings (SSSR count). The van der Waals surface area contributed by atoms with Crippen molar-refractivity contribution < 1.29 is 0 Å². The third kappa shape index (κ3) is 2.68. The molecule has 2 aliphatic rings. The van der Waals surface area contributed by atoms with E-state index in [0.29, 0.717) is 6.04 Å². The molecule has 0 spiro atoms. The lowest BCUT2D eigenvalue weighted by Crippen LogP contribution is -2.47. The van der Waals surface area contributed by atoms with Crippen LogP contribution in [0.2, 0.25) is 5.02 Å². The number of nitrogens with one attached hydrogen (secondary N) is 1. The Morgan fingerprint density at radius 3 is 2.85 bits per heavy atom. The molecule has 1 N–H and O–H groups in total. The van der Waals surface area contributed by atoms with Gasteiger partial charge in [0.25, 0.3) is 0 Å². The Balaban J connectivity index is 1.94. The van der Waals surface area contributed by atoms with Crippen molar-refractivity contribution in [3.05, 3.63) is 28.8 Å². The van der Waals surface area contributed by atoms with Crippen LogP contribution in [0.1, 0.15) is 44.1 Å². The first-order chi connectivity index (χ1) is 9.81. The number of anilines is 1. The van der Waals surface area contributed by atoms with Crippen molar-refractivity contribution in [3.8, 4) is 0 Å². The van der Waals surface area contributed by atoms with E-state index in [2.05, 4.69) is 22.3 Å². The quantitative estimate of drug-likeness (QED) is 0.897. The van der Waals surface area contributed by atoms with Crippen molar-refractivity contribution in [3.63, 3.8) is 0 Å². The highest BCUT2D eigenvalue weighted by atomic mass is 35.5. The van der Waals surface area contributed by atoms with Crippen molar-refractivity contribution in [1.82, 2.24) is 5.32 Å². The Morgan fingerprint density at radius 2 is 2.00 bits per heavy atom. The van der Waals surface area contributed by atoms with Gasteiger partial charge in [0.05, 0.1) is 10.7 Å². The Bertz CT molecular complexity index is 458. The highest BCUT2D eigenvalue weighted by Crippen LogP contribution is 2.41. The molecule has 2 unspecified atom stereocenters. The summed E-state index contributed by atoms with van der Waals surface area (Å²) in [6.45, 7) is 2.06. The molecule has 2 atom stereocenters. The lowest BCUT2D eigenvalue weighted by molar-refractivity contribution is 0.243. The van der Waals surface area contributed by atoms with Crippen molar-refractivity contribution in [2.75, 3.05) is 18.5 Å². The Kier molecular flexibility index (Phi) is 4.52. The lowest BCUT2D eigenvalue weighted by Gasteiger charge is -2.46. The second-order valence-electron chi connectivity index (χ2n) is 6.23. The van der Waals surface area contributed by atoms with E-state index in [1.165, 1.54) is 56.3 Å². The molecule has 1 heterocycles. The molecule has 20 heavy (non-hydrogen) atoms. The summed E-state index contributed by atoms with van der Waals surface area (Å²) < 4.78 is 0. The lowest BCUT2D eigenvalue weighted by atomic mass is 9.78. The van der Waals surface area contributed by atoms with Crippen molar-refractivity contribution in [2.24, 2.45) is 5.92 Å². The van der Waals surface area contributed by atoms with Crippen LogP contribution in [0.4, 0.5) is 5.69 Å². The van der Waals surface area contributed by atoms with Gasteiger partial charge in [-0.25, -0.2) is 0 Å². The van der Waals surface area contributed by atoms with Gasteiger partial charge < -0.3 is 10.2 Å². The monoisotopic (exact) mass is 292 g/mol. The largest absolute Gasteiger partial charge is 0.367 e. The Hall–Kier alpha value is -0.730. The average Bonchev–Trinajstić information content (AvgIpc) is 2.48.